The van der Waals surface area contributed by atoms with Gasteiger partial charge in [0.25, 0.3) is 0 Å². The second-order valence-corrected chi connectivity index (χ2v) is 5.14. The topological polar surface area (TPSA) is 0 Å². The summed E-state index contributed by atoms with van der Waals surface area (Å²) in [5, 5.41) is 2.78. The Hall–Kier alpha value is -1.30. The summed E-state index contributed by atoms with van der Waals surface area (Å²) in [7, 11) is 0. The zero-order valence-corrected chi connectivity index (χ0v) is 10.6. The van der Waals surface area contributed by atoms with E-state index < -0.39 is 0 Å². The third kappa shape index (κ3) is 1.97. The van der Waals surface area contributed by atoms with Crippen molar-refractivity contribution in [3.05, 3.63) is 47.5 Å². The van der Waals surface area contributed by atoms with Crippen molar-refractivity contribution >= 4 is 10.8 Å². The van der Waals surface area contributed by atoms with E-state index in [1.54, 1.807) is 0 Å². The van der Waals surface area contributed by atoms with Crippen LogP contribution in [0.1, 0.15) is 50.7 Å². The predicted molar refractivity (Wildman–Crippen MR) is 72.1 cm³/mol. The summed E-state index contributed by atoms with van der Waals surface area (Å²) in [6, 6.07) is 13.5. The number of fused-ring (bicyclic) bond motifs is 1. The van der Waals surface area contributed by atoms with Crippen molar-refractivity contribution in [2.45, 2.75) is 39.5 Å². The molecule has 0 aliphatic carbocycles. The smallest absolute Gasteiger partial charge is 0.0146 e. The van der Waals surface area contributed by atoms with Gasteiger partial charge in [-0.25, -0.2) is 0 Å². The molecule has 0 saturated heterocycles. The molecule has 16 heavy (non-hydrogen) atoms. The standard InChI is InChI=1S/C16H20/c1-11(2)14-9-8-13-6-5-7-15(12(3)4)16(13)10-14/h5-12H,1-4H3. The van der Waals surface area contributed by atoms with Gasteiger partial charge in [0.1, 0.15) is 0 Å². The van der Waals surface area contributed by atoms with Crippen LogP contribution < -0.4 is 0 Å². The van der Waals surface area contributed by atoms with E-state index in [9.17, 15) is 0 Å². The largest absolute Gasteiger partial charge is 0.0613 e. The zero-order chi connectivity index (χ0) is 11.7. The molecule has 0 atom stereocenters. The summed E-state index contributed by atoms with van der Waals surface area (Å²) in [5.41, 5.74) is 2.89. The van der Waals surface area contributed by atoms with Crippen LogP contribution in [0, 0.1) is 0 Å². The number of benzene rings is 2. The Labute approximate surface area is 98.3 Å². The van der Waals surface area contributed by atoms with Gasteiger partial charge in [0, 0.05) is 0 Å². The molecule has 0 heteroatoms. The molecule has 0 aliphatic heterocycles. The molecule has 0 unspecified atom stereocenters. The van der Waals surface area contributed by atoms with E-state index in [-0.39, 0.29) is 0 Å². The summed E-state index contributed by atoms with van der Waals surface area (Å²) in [6.07, 6.45) is 0. The van der Waals surface area contributed by atoms with E-state index >= 15 is 0 Å². The van der Waals surface area contributed by atoms with Crippen LogP contribution in [0.3, 0.4) is 0 Å². The average Bonchev–Trinajstić information content (AvgIpc) is 2.27. The number of hydrogen-bond acceptors (Lipinski definition) is 0. The highest BCUT2D eigenvalue weighted by Gasteiger charge is 2.06. The Morgan fingerprint density at radius 2 is 1.56 bits per heavy atom. The Morgan fingerprint density at radius 3 is 2.19 bits per heavy atom. The lowest BCUT2D eigenvalue weighted by molar-refractivity contribution is 0.862. The van der Waals surface area contributed by atoms with Gasteiger partial charge in [-0.05, 0) is 33.7 Å². The number of hydrogen-bond donors (Lipinski definition) is 0. The van der Waals surface area contributed by atoms with Gasteiger partial charge in [0.2, 0.25) is 0 Å². The minimum Gasteiger partial charge on any atom is -0.0613 e. The first-order valence-corrected chi connectivity index (χ1v) is 6.12. The van der Waals surface area contributed by atoms with Gasteiger partial charge in [-0.3, -0.25) is 0 Å². The Morgan fingerprint density at radius 1 is 0.812 bits per heavy atom. The molecule has 84 valence electrons. The normalized spacial score (nSPS) is 11.6. The van der Waals surface area contributed by atoms with E-state index in [0.717, 1.165) is 0 Å². The highest BCUT2D eigenvalue weighted by molar-refractivity contribution is 5.86. The predicted octanol–water partition coefficient (Wildman–Crippen LogP) is 5.09. The fraction of sp³-hybridized carbons (Fsp3) is 0.375. The summed E-state index contributed by atoms with van der Waals surface area (Å²) < 4.78 is 0. The first-order valence-electron chi connectivity index (χ1n) is 6.12. The molecule has 0 aliphatic rings. The molecule has 0 nitrogen and oxygen atoms in total. The van der Waals surface area contributed by atoms with Crippen LogP contribution in [0.15, 0.2) is 36.4 Å². The molecule has 0 N–H and O–H groups in total. The summed E-state index contributed by atoms with van der Waals surface area (Å²) in [6.45, 7) is 9.02. The molecule has 2 rings (SSSR count). The molecule has 0 fully saturated rings. The highest BCUT2D eigenvalue weighted by atomic mass is 14.1. The fourth-order valence-corrected chi connectivity index (χ4v) is 2.18. The van der Waals surface area contributed by atoms with Crippen LogP contribution in [0.5, 0.6) is 0 Å². The first kappa shape index (κ1) is 11.2. The Balaban J connectivity index is 2.68. The average molecular weight is 212 g/mol. The lowest BCUT2D eigenvalue weighted by Gasteiger charge is -2.12. The van der Waals surface area contributed by atoms with Crippen molar-refractivity contribution in [2.24, 2.45) is 0 Å². The summed E-state index contributed by atoms with van der Waals surface area (Å²) >= 11 is 0. The molecular weight excluding hydrogens is 192 g/mol. The first-order chi connectivity index (χ1) is 7.59. The maximum atomic E-state index is 2.36. The van der Waals surface area contributed by atoms with Crippen LogP contribution >= 0.6 is 0 Å². The van der Waals surface area contributed by atoms with Crippen molar-refractivity contribution in [3.63, 3.8) is 0 Å². The molecule has 0 aromatic heterocycles. The molecule has 0 bridgehead atoms. The SMILES string of the molecule is CC(C)c1ccc2cccc(C(C)C)c2c1. The second-order valence-electron chi connectivity index (χ2n) is 5.14. The van der Waals surface area contributed by atoms with Gasteiger partial charge in [-0.2, -0.15) is 0 Å². The van der Waals surface area contributed by atoms with Gasteiger partial charge in [-0.15, -0.1) is 0 Å². The second kappa shape index (κ2) is 4.29. The van der Waals surface area contributed by atoms with Crippen LogP contribution in [0.4, 0.5) is 0 Å². The van der Waals surface area contributed by atoms with Crippen molar-refractivity contribution in [1.29, 1.82) is 0 Å². The van der Waals surface area contributed by atoms with E-state index in [1.165, 1.54) is 21.9 Å². The third-order valence-electron chi connectivity index (χ3n) is 3.23. The number of rotatable bonds is 2. The van der Waals surface area contributed by atoms with Crippen LogP contribution in [-0.2, 0) is 0 Å². The van der Waals surface area contributed by atoms with E-state index in [2.05, 4.69) is 64.1 Å². The van der Waals surface area contributed by atoms with Crippen molar-refractivity contribution in [1.82, 2.24) is 0 Å². The van der Waals surface area contributed by atoms with Gasteiger partial charge >= 0.3 is 0 Å². The lowest BCUT2D eigenvalue weighted by Crippen LogP contribution is -1.92. The minimum absolute atomic E-state index is 0.589. The quantitative estimate of drug-likeness (QED) is 0.650. The van der Waals surface area contributed by atoms with Crippen molar-refractivity contribution in [2.75, 3.05) is 0 Å². The Bertz CT molecular complexity index is 492. The van der Waals surface area contributed by atoms with E-state index in [4.69, 9.17) is 0 Å². The van der Waals surface area contributed by atoms with Crippen molar-refractivity contribution < 1.29 is 0 Å². The maximum Gasteiger partial charge on any atom is -0.0146 e. The molecule has 2 aromatic rings. The molecule has 0 radical (unpaired) electrons. The fourth-order valence-electron chi connectivity index (χ4n) is 2.18. The molecule has 0 heterocycles. The maximum absolute atomic E-state index is 2.36. The molecule has 0 spiro atoms. The van der Waals surface area contributed by atoms with Crippen molar-refractivity contribution in [3.8, 4) is 0 Å². The van der Waals surface area contributed by atoms with Crippen LogP contribution in [0.25, 0.3) is 10.8 Å². The van der Waals surface area contributed by atoms with Gasteiger partial charge < -0.3 is 0 Å². The van der Waals surface area contributed by atoms with E-state index in [0.29, 0.717) is 11.8 Å². The Kier molecular flexibility index (Phi) is 3.00. The molecular formula is C16H20. The van der Waals surface area contributed by atoms with E-state index in [1.807, 2.05) is 0 Å². The molecule has 0 saturated carbocycles. The molecule has 2 aromatic carbocycles. The minimum atomic E-state index is 0.589. The third-order valence-corrected chi connectivity index (χ3v) is 3.23. The van der Waals surface area contributed by atoms with Gasteiger partial charge in [-0.1, -0.05) is 64.1 Å². The lowest BCUT2D eigenvalue weighted by atomic mass is 9.92. The van der Waals surface area contributed by atoms with Gasteiger partial charge in [0.15, 0.2) is 0 Å². The van der Waals surface area contributed by atoms with Crippen LogP contribution in [0.2, 0.25) is 0 Å². The zero-order valence-electron chi connectivity index (χ0n) is 10.6. The summed E-state index contributed by atoms with van der Waals surface area (Å²) in [5.74, 6) is 1.19. The molecule has 0 amide bonds. The monoisotopic (exact) mass is 212 g/mol. The highest BCUT2D eigenvalue weighted by Crippen LogP contribution is 2.28. The van der Waals surface area contributed by atoms with Gasteiger partial charge in [0.05, 0.1) is 0 Å². The summed E-state index contributed by atoms with van der Waals surface area (Å²) in [4.78, 5) is 0. The van der Waals surface area contributed by atoms with Crippen LogP contribution in [-0.4, -0.2) is 0 Å².